The highest BCUT2D eigenvalue weighted by molar-refractivity contribution is 5.38. The Hall–Kier alpha value is -1.06. The molecule has 0 aromatic heterocycles. The van der Waals surface area contributed by atoms with Crippen LogP contribution in [-0.4, -0.2) is 13.2 Å². The molecule has 0 amide bonds. The average molecular weight is 265 g/mol. The lowest BCUT2D eigenvalue weighted by Crippen LogP contribution is -2.07. The van der Waals surface area contributed by atoms with Crippen LogP contribution in [0.5, 0.6) is 5.75 Å². The molecule has 0 heterocycles. The second kappa shape index (κ2) is 8.18. The van der Waals surface area contributed by atoms with Crippen molar-refractivity contribution in [1.29, 1.82) is 0 Å². The molecule has 0 aliphatic heterocycles. The summed E-state index contributed by atoms with van der Waals surface area (Å²) in [5, 5.41) is 0. The fraction of sp³-hybridized carbons (Fsp3) is 0.625. The Labute approximate surface area is 117 Å². The number of nitrogens with two attached hydrogens (primary N) is 1. The molecule has 0 spiro atoms. The zero-order valence-electron chi connectivity index (χ0n) is 12.6. The van der Waals surface area contributed by atoms with E-state index in [2.05, 4.69) is 19.9 Å². The fourth-order valence-electron chi connectivity index (χ4n) is 1.79. The van der Waals surface area contributed by atoms with Crippen LogP contribution in [0.15, 0.2) is 18.2 Å². The molecule has 1 unspecified atom stereocenters. The van der Waals surface area contributed by atoms with E-state index >= 15 is 0 Å². The maximum absolute atomic E-state index is 5.92. The number of ether oxygens (including phenoxy) is 2. The molecule has 19 heavy (non-hydrogen) atoms. The van der Waals surface area contributed by atoms with Crippen molar-refractivity contribution >= 4 is 0 Å². The lowest BCUT2D eigenvalue weighted by molar-refractivity contribution is 0.108. The minimum atomic E-state index is 0.0325. The van der Waals surface area contributed by atoms with Gasteiger partial charge in [-0.05, 0) is 43.9 Å². The lowest BCUT2D eigenvalue weighted by Gasteiger charge is -2.14. The van der Waals surface area contributed by atoms with Gasteiger partial charge in [0.15, 0.2) is 0 Å². The Kier molecular flexibility index (Phi) is 6.89. The van der Waals surface area contributed by atoms with Gasteiger partial charge in [-0.3, -0.25) is 0 Å². The van der Waals surface area contributed by atoms with Gasteiger partial charge in [0.1, 0.15) is 5.75 Å². The third-order valence-electron chi connectivity index (χ3n) is 3.01. The Bertz CT molecular complexity index is 375. The van der Waals surface area contributed by atoms with Gasteiger partial charge in [0.2, 0.25) is 0 Å². The van der Waals surface area contributed by atoms with Crippen LogP contribution < -0.4 is 10.5 Å². The van der Waals surface area contributed by atoms with Crippen LogP contribution in [-0.2, 0) is 11.3 Å². The van der Waals surface area contributed by atoms with E-state index in [0.29, 0.717) is 19.1 Å². The van der Waals surface area contributed by atoms with E-state index in [4.69, 9.17) is 15.2 Å². The van der Waals surface area contributed by atoms with Gasteiger partial charge >= 0.3 is 0 Å². The van der Waals surface area contributed by atoms with E-state index in [9.17, 15) is 0 Å². The zero-order chi connectivity index (χ0) is 14.3. The van der Waals surface area contributed by atoms with Crippen molar-refractivity contribution in [1.82, 2.24) is 0 Å². The Morgan fingerprint density at radius 3 is 2.53 bits per heavy atom. The second-order valence-electron chi connectivity index (χ2n) is 5.32. The van der Waals surface area contributed by atoms with Crippen LogP contribution >= 0.6 is 0 Å². The van der Waals surface area contributed by atoms with Crippen molar-refractivity contribution in [2.45, 2.75) is 46.8 Å². The highest BCUT2D eigenvalue weighted by Crippen LogP contribution is 2.23. The summed E-state index contributed by atoms with van der Waals surface area (Å²) >= 11 is 0. The smallest absolute Gasteiger partial charge is 0.124 e. The fourth-order valence-corrected chi connectivity index (χ4v) is 1.79. The molecule has 108 valence electrons. The van der Waals surface area contributed by atoms with E-state index < -0.39 is 0 Å². The highest BCUT2D eigenvalue weighted by Gasteiger charge is 2.08. The van der Waals surface area contributed by atoms with Crippen LogP contribution in [0.25, 0.3) is 0 Å². The van der Waals surface area contributed by atoms with E-state index in [1.54, 1.807) is 0 Å². The molecule has 0 bridgehead atoms. The van der Waals surface area contributed by atoms with Crippen molar-refractivity contribution in [3.8, 4) is 5.75 Å². The summed E-state index contributed by atoms with van der Waals surface area (Å²) in [7, 11) is 0. The SMILES string of the molecule is CCOc1ccc(C(C)N)cc1COCCC(C)C. The third kappa shape index (κ3) is 5.62. The molecule has 0 saturated heterocycles. The van der Waals surface area contributed by atoms with Crippen LogP contribution in [0, 0.1) is 5.92 Å². The summed E-state index contributed by atoms with van der Waals surface area (Å²) in [5.74, 6) is 1.57. The molecule has 0 saturated carbocycles. The van der Waals surface area contributed by atoms with Gasteiger partial charge in [-0.25, -0.2) is 0 Å². The molecular formula is C16H27NO2. The number of rotatable bonds is 8. The van der Waals surface area contributed by atoms with Gasteiger partial charge in [-0.1, -0.05) is 19.9 Å². The molecule has 0 fully saturated rings. The van der Waals surface area contributed by atoms with E-state index in [1.807, 2.05) is 26.0 Å². The number of hydrogen-bond donors (Lipinski definition) is 1. The first-order valence-electron chi connectivity index (χ1n) is 7.13. The first-order valence-corrected chi connectivity index (χ1v) is 7.13. The van der Waals surface area contributed by atoms with Crippen LogP contribution in [0.2, 0.25) is 0 Å². The van der Waals surface area contributed by atoms with Crippen LogP contribution in [0.1, 0.15) is 51.3 Å². The van der Waals surface area contributed by atoms with E-state index in [-0.39, 0.29) is 6.04 Å². The molecule has 0 aliphatic carbocycles. The largest absolute Gasteiger partial charge is 0.494 e. The van der Waals surface area contributed by atoms with Crippen molar-refractivity contribution in [2.75, 3.05) is 13.2 Å². The minimum absolute atomic E-state index is 0.0325. The molecule has 3 heteroatoms. The van der Waals surface area contributed by atoms with E-state index in [1.165, 1.54) is 0 Å². The van der Waals surface area contributed by atoms with Gasteiger partial charge in [-0.15, -0.1) is 0 Å². The second-order valence-corrected chi connectivity index (χ2v) is 5.32. The molecule has 3 nitrogen and oxygen atoms in total. The monoisotopic (exact) mass is 265 g/mol. The van der Waals surface area contributed by atoms with Gasteiger partial charge in [0.05, 0.1) is 13.2 Å². The van der Waals surface area contributed by atoms with Gasteiger partial charge in [-0.2, -0.15) is 0 Å². The van der Waals surface area contributed by atoms with Crippen LogP contribution in [0.4, 0.5) is 0 Å². The third-order valence-corrected chi connectivity index (χ3v) is 3.01. The van der Waals surface area contributed by atoms with Gasteiger partial charge in [0.25, 0.3) is 0 Å². The minimum Gasteiger partial charge on any atom is -0.494 e. The molecule has 0 aliphatic rings. The molecule has 2 N–H and O–H groups in total. The lowest BCUT2D eigenvalue weighted by atomic mass is 10.1. The summed E-state index contributed by atoms with van der Waals surface area (Å²) in [6, 6.07) is 6.13. The van der Waals surface area contributed by atoms with Crippen molar-refractivity contribution in [3.63, 3.8) is 0 Å². The maximum Gasteiger partial charge on any atom is 0.124 e. The maximum atomic E-state index is 5.92. The van der Waals surface area contributed by atoms with Crippen molar-refractivity contribution in [3.05, 3.63) is 29.3 Å². The Morgan fingerprint density at radius 2 is 1.95 bits per heavy atom. The normalized spacial score (nSPS) is 12.7. The number of hydrogen-bond acceptors (Lipinski definition) is 3. The Balaban J connectivity index is 2.68. The van der Waals surface area contributed by atoms with Gasteiger partial charge in [0, 0.05) is 18.2 Å². The van der Waals surface area contributed by atoms with E-state index in [0.717, 1.165) is 29.9 Å². The molecule has 0 radical (unpaired) electrons. The first-order chi connectivity index (χ1) is 9.04. The first kappa shape index (κ1) is 16.0. The van der Waals surface area contributed by atoms with Crippen LogP contribution in [0.3, 0.4) is 0 Å². The van der Waals surface area contributed by atoms with Gasteiger partial charge < -0.3 is 15.2 Å². The summed E-state index contributed by atoms with van der Waals surface area (Å²) in [4.78, 5) is 0. The summed E-state index contributed by atoms with van der Waals surface area (Å²) in [5.41, 5.74) is 8.12. The predicted octanol–water partition coefficient (Wildman–Crippen LogP) is 3.67. The standard InChI is InChI=1S/C16H27NO2/c1-5-19-16-7-6-14(13(4)17)10-15(16)11-18-9-8-12(2)3/h6-7,10,12-13H,5,8-9,11,17H2,1-4H3. The highest BCUT2D eigenvalue weighted by atomic mass is 16.5. The summed E-state index contributed by atoms with van der Waals surface area (Å²) < 4.78 is 11.4. The topological polar surface area (TPSA) is 44.5 Å². The number of benzene rings is 1. The molecule has 1 rings (SSSR count). The van der Waals surface area contributed by atoms with Crippen molar-refractivity contribution in [2.24, 2.45) is 11.7 Å². The predicted molar refractivity (Wildman–Crippen MR) is 79.3 cm³/mol. The molecule has 1 aromatic carbocycles. The quantitative estimate of drug-likeness (QED) is 0.729. The molecular weight excluding hydrogens is 238 g/mol. The zero-order valence-corrected chi connectivity index (χ0v) is 12.6. The average Bonchev–Trinajstić information content (AvgIpc) is 2.36. The summed E-state index contributed by atoms with van der Waals surface area (Å²) in [6.07, 6.45) is 1.08. The van der Waals surface area contributed by atoms with Crippen molar-refractivity contribution < 1.29 is 9.47 Å². The Morgan fingerprint density at radius 1 is 1.21 bits per heavy atom. The molecule has 1 aromatic rings. The summed E-state index contributed by atoms with van der Waals surface area (Å²) in [6.45, 7) is 10.4. The molecule has 1 atom stereocenters.